The summed E-state index contributed by atoms with van der Waals surface area (Å²) in [5, 5.41) is 0.710. The van der Waals surface area contributed by atoms with Crippen LogP contribution in [0.15, 0.2) is 22.7 Å². The molecule has 3 rings (SSSR count). The molecule has 1 aromatic rings. The number of aryl methyl sites for hydroxylation is 1. The monoisotopic (exact) mass is 406 g/mol. The Bertz CT molecular complexity index is 555. The second-order valence-corrected chi connectivity index (χ2v) is 7.49. The van der Waals surface area contributed by atoms with Crippen LogP contribution in [0.25, 0.3) is 0 Å². The summed E-state index contributed by atoms with van der Waals surface area (Å²) in [5.41, 5.74) is 7.21. The molecule has 2 fully saturated rings. The Morgan fingerprint density at radius 1 is 1.36 bits per heavy atom. The lowest BCUT2D eigenvalue weighted by Crippen LogP contribution is -2.33. The van der Waals surface area contributed by atoms with Gasteiger partial charge in [-0.25, -0.2) is 0 Å². The van der Waals surface area contributed by atoms with Crippen molar-refractivity contribution in [3.05, 3.63) is 33.3 Å². The van der Waals surface area contributed by atoms with Crippen LogP contribution in [0.1, 0.15) is 24.8 Å². The molecule has 122 valence electrons. The second-order valence-electron chi connectivity index (χ2n) is 6.20. The predicted molar refractivity (Wildman–Crippen MR) is 95.5 cm³/mol. The fraction of sp³-hybridized carbons (Fsp3) is 0.562. The molecule has 0 spiro atoms. The van der Waals surface area contributed by atoms with Crippen molar-refractivity contribution in [2.45, 2.75) is 31.7 Å². The number of hydrogen-bond acceptors (Lipinski definition) is 2. The third-order valence-electron chi connectivity index (χ3n) is 4.88. The van der Waals surface area contributed by atoms with Crippen LogP contribution >= 0.6 is 39.9 Å². The number of fused-ring (bicyclic) bond motifs is 1. The summed E-state index contributed by atoms with van der Waals surface area (Å²) in [7, 11) is 0. The van der Waals surface area contributed by atoms with E-state index in [0.29, 0.717) is 23.3 Å². The van der Waals surface area contributed by atoms with E-state index in [1.807, 2.05) is 23.1 Å². The first-order valence-corrected chi connectivity index (χ1v) is 8.69. The molecule has 1 saturated heterocycles. The summed E-state index contributed by atoms with van der Waals surface area (Å²) in [6.45, 7) is 1.75. The largest absolute Gasteiger partial charge is 0.342 e. The molecule has 0 radical (unpaired) electrons. The standard InChI is InChI=1S/C16H20BrClN2O.ClH/c17-14-4-3-12(18)7-10(14)2-6-16(21)20-8-11-1-5-15(19)13(11)9-20;/h3-4,7,11,13,15H,1-2,5-6,8-9,19H2;1H. The Labute approximate surface area is 151 Å². The SMILES string of the molecule is Cl.NC1CCC2CN(C(=O)CCc3cc(Cl)ccc3Br)CC12. The van der Waals surface area contributed by atoms with E-state index in [1.54, 1.807) is 0 Å². The van der Waals surface area contributed by atoms with Crippen molar-refractivity contribution in [3.8, 4) is 0 Å². The zero-order chi connectivity index (χ0) is 15.0. The summed E-state index contributed by atoms with van der Waals surface area (Å²) in [5.74, 6) is 1.39. The molecule has 3 unspecified atom stereocenters. The fourth-order valence-corrected chi connectivity index (χ4v) is 4.29. The third-order valence-corrected chi connectivity index (χ3v) is 5.89. The Morgan fingerprint density at radius 2 is 2.14 bits per heavy atom. The average Bonchev–Trinajstić information content (AvgIpc) is 3.02. The van der Waals surface area contributed by atoms with Gasteiger partial charge in [0, 0.05) is 35.0 Å². The smallest absolute Gasteiger partial charge is 0.222 e. The number of benzene rings is 1. The minimum Gasteiger partial charge on any atom is -0.342 e. The number of carbonyl (C=O) groups is 1. The van der Waals surface area contributed by atoms with Gasteiger partial charge in [-0.2, -0.15) is 0 Å². The zero-order valence-corrected chi connectivity index (χ0v) is 15.5. The van der Waals surface area contributed by atoms with E-state index in [9.17, 15) is 4.79 Å². The molecule has 2 N–H and O–H groups in total. The van der Waals surface area contributed by atoms with Gasteiger partial charge in [-0.3, -0.25) is 4.79 Å². The van der Waals surface area contributed by atoms with E-state index in [-0.39, 0.29) is 24.4 Å². The number of nitrogens with two attached hydrogens (primary N) is 1. The quantitative estimate of drug-likeness (QED) is 0.830. The Kier molecular flexibility index (Phi) is 6.17. The Hall–Kier alpha value is -0.290. The lowest BCUT2D eigenvalue weighted by atomic mass is 9.98. The topological polar surface area (TPSA) is 46.3 Å². The highest BCUT2D eigenvalue weighted by Crippen LogP contribution is 2.37. The van der Waals surface area contributed by atoms with Crippen LogP contribution in [0.3, 0.4) is 0 Å². The molecule has 1 aromatic carbocycles. The van der Waals surface area contributed by atoms with Crippen LogP contribution in [0.5, 0.6) is 0 Å². The third kappa shape index (κ3) is 3.78. The fourth-order valence-electron chi connectivity index (χ4n) is 3.65. The van der Waals surface area contributed by atoms with Gasteiger partial charge in [0.25, 0.3) is 0 Å². The normalized spacial score (nSPS) is 26.7. The van der Waals surface area contributed by atoms with E-state index in [1.165, 1.54) is 6.42 Å². The van der Waals surface area contributed by atoms with E-state index in [0.717, 1.165) is 36.0 Å². The molecule has 0 aromatic heterocycles. The lowest BCUT2D eigenvalue weighted by Gasteiger charge is -2.19. The van der Waals surface area contributed by atoms with E-state index < -0.39 is 0 Å². The van der Waals surface area contributed by atoms with E-state index in [4.69, 9.17) is 17.3 Å². The van der Waals surface area contributed by atoms with Crippen molar-refractivity contribution in [3.63, 3.8) is 0 Å². The van der Waals surface area contributed by atoms with Crippen molar-refractivity contribution < 1.29 is 4.79 Å². The van der Waals surface area contributed by atoms with Crippen LogP contribution in [0, 0.1) is 11.8 Å². The van der Waals surface area contributed by atoms with Crippen molar-refractivity contribution >= 4 is 45.8 Å². The number of hydrogen-bond donors (Lipinski definition) is 1. The van der Waals surface area contributed by atoms with Crippen LogP contribution in [-0.4, -0.2) is 29.9 Å². The molecule has 3 nitrogen and oxygen atoms in total. The van der Waals surface area contributed by atoms with E-state index >= 15 is 0 Å². The molecule has 3 atom stereocenters. The van der Waals surface area contributed by atoms with Crippen LogP contribution in [0.2, 0.25) is 5.02 Å². The Balaban J connectivity index is 0.00000176. The van der Waals surface area contributed by atoms with Gasteiger partial charge < -0.3 is 10.6 Å². The molecule has 0 bridgehead atoms. The molecule has 1 amide bonds. The van der Waals surface area contributed by atoms with Gasteiger partial charge in [-0.1, -0.05) is 27.5 Å². The second kappa shape index (κ2) is 7.52. The highest BCUT2D eigenvalue weighted by atomic mass is 79.9. The molecule has 1 aliphatic heterocycles. The van der Waals surface area contributed by atoms with Gasteiger partial charge in [0.2, 0.25) is 5.91 Å². The average molecular weight is 408 g/mol. The first-order chi connectivity index (χ1) is 10.0. The number of rotatable bonds is 3. The number of nitrogens with zero attached hydrogens (tertiary/aromatic N) is 1. The van der Waals surface area contributed by atoms with Crippen LogP contribution < -0.4 is 5.73 Å². The van der Waals surface area contributed by atoms with Gasteiger partial charge in [0.15, 0.2) is 0 Å². The predicted octanol–water partition coefficient (Wildman–Crippen LogP) is 3.65. The van der Waals surface area contributed by atoms with Crippen molar-refractivity contribution in [2.24, 2.45) is 17.6 Å². The summed E-state index contributed by atoms with van der Waals surface area (Å²) in [6, 6.07) is 5.99. The summed E-state index contributed by atoms with van der Waals surface area (Å²) in [6.07, 6.45) is 3.55. The number of halogens is 3. The van der Waals surface area contributed by atoms with Crippen molar-refractivity contribution in [1.29, 1.82) is 0 Å². The molecule has 2 aliphatic rings. The first kappa shape index (κ1) is 18.1. The minimum absolute atomic E-state index is 0. The minimum atomic E-state index is 0. The Morgan fingerprint density at radius 3 is 2.86 bits per heavy atom. The highest BCUT2D eigenvalue weighted by molar-refractivity contribution is 9.10. The summed E-state index contributed by atoms with van der Waals surface area (Å²) in [4.78, 5) is 14.4. The lowest BCUT2D eigenvalue weighted by molar-refractivity contribution is -0.130. The van der Waals surface area contributed by atoms with Gasteiger partial charge in [0.05, 0.1) is 0 Å². The molecular formula is C16H21BrCl2N2O. The van der Waals surface area contributed by atoms with Gasteiger partial charge in [0.1, 0.15) is 0 Å². The number of likely N-dealkylation sites (tertiary alicyclic amines) is 1. The molecule has 6 heteroatoms. The molecule has 1 aliphatic carbocycles. The van der Waals surface area contributed by atoms with Gasteiger partial charge in [-0.15, -0.1) is 12.4 Å². The summed E-state index contributed by atoms with van der Waals surface area (Å²) < 4.78 is 1.01. The molecule has 22 heavy (non-hydrogen) atoms. The molecular weight excluding hydrogens is 387 g/mol. The maximum Gasteiger partial charge on any atom is 0.222 e. The summed E-state index contributed by atoms with van der Waals surface area (Å²) >= 11 is 9.52. The maximum absolute atomic E-state index is 12.4. The van der Waals surface area contributed by atoms with E-state index in [2.05, 4.69) is 15.9 Å². The zero-order valence-electron chi connectivity index (χ0n) is 12.3. The number of carbonyl (C=O) groups excluding carboxylic acids is 1. The molecule has 1 heterocycles. The number of amides is 1. The van der Waals surface area contributed by atoms with Crippen LogP contribution in [-0.2, 0) is 11.2 Å². The van der Waals surface area contributed by atoms with Crippen molar-refractivity contribution in [2.75, 3.05) is 13.1 Å². The molecule has 1 saturated carbocycles. The van der Waals surface area contributed by atoms with Crippen LogP contribution in [0.4, 0.5) is 0 Å². The highest BCUT2D eigenvalue weighted by Gasteiger charge is 2.42. The first-order valence-electron chi connectivity index (χ1n) is 7.52. The van der Waals surface area contributed by atoms with Gasteiger partial charge >= 0.3 is 0 Å². The maximum atomic E-state index is 12.4. The van der Waals surface area contributed by atoms with Crippen molar-refractivity contribution in [1.82, 2.24) is 4.90 Å². The van der Waals surface area contributed by atoms with Gasteiger partial charge in [-0.05, 0) is 54.9 Å².